The first-order chi connectivity index (χ1) is 13.0. The number of carbonyl (C=O) groups excluding carboxylic acids is 1. The standard InChI is InChI=1S/C20H24N2O4S/c1-26-19-10-6-5-9-18(19)15-20(23)21-11-13-22(14-12-21)27(24,25)16-17-7-3-2-4-8-17/h2-10H,11-16H2,1H3. The van der Waals surface area contributed by atoms with Gasteiger partial charge in [0.2, 0.25) is 15.9 Å². The van der Waals surface area contributed by atoms with Crippen LogP contribution in [0.1, 0.15) is 11.1 Å². The fraction of sp³-hybridized carbons (Fsp3) is 0.350. The summed E-state index contributed by atoms with van der Waals surface area (Å²) in [6, 6.07) is 16.6. The van der Waals surface area contributed by atoms with Crippen LogP contribution in [0, 0.1) is 0 Å². The first kappa shape index (κ1) is 19.4. The maximum atomic E-state index is 12.6. The van der Waals surface area contributed by atoms with Crippen molar-refractivity contribution in [1.82, 2.24) is 9.21 Å². The summed E-state index contributed by atoms with van der Waals surface area (Å²) in [5, 5.41) is 0. The number of amides is 1. The molecule has 0 atom stereocenters. The van der Waals surface area contributed by atoms with E-state index in [-0.39, 0.29) is 18.1 Å². The molecule has 0 unspecified atom stereocenters. The van der Waals surface area contributed by atoms with Gasteiger partial charge in [-0.15, -0.1) is 0 Å². The molecule has 0 N–H and O–H groups in total. The van der Waals surface area contributed by atoms with E-state index in [0.29, 0.717) is 31.9 Å². The molecule has 1 heterocycles. The largest absolute Gasteiger partial charge is 0.496 e. The molecule has 27 heavy (non-hydrogen) atoms. The van der Waals surface area contributed by atoms with Gasteiger partial charge >= 0.3 is 0 Å². The Bertz CT molecular complexity index is 876. The van der Waals surface area contributed by atoms with Gasteiger partial charge in [0.25, 0.3) is 0 Å². The number of sulfonamides is 1. The van der Waals surface area contributed by atoms with Crippen LogP contribution in [-0.4, -0.2) is 56.8 Å². The van der Waals surface area contributed by atoms with Crippen molar-refractivity contribution in [2.24, 2.45) is 0 Å². The highest BCUT2D eigenvalue weighted by atomic mass is 32.2. The van der Waals surface area contributed by atoms with Crippen molar-refractivity contribution in [3.63, 3.8) is 0 Å². The number of piperazine rings is 1. The van der Waals surface area contributed by atoms with Crippen LogP contribution in [0.2, 0.25) is 0 Å². The molecular formula is C20H24N2O4S. The first-order valence-corrected chi connectivity index (χ1v) is 10.5. The maximum Gasteiger partial charge on any atom is 0.227 e. The molecule has 1 fully saturated rings. The van der Waals surface area contributed by atoms with Crippen LogP contribution in [0.25, 0.3) is 0 Å². The summed E-state index contributed by atoms with van der Waals surface area (Å²) in [7, 11) is -1.80. The minimum absolute atomic E-state index is 0.0109. The number of rotatable bonds is 6. The zero-order valence-electron chi connectivity index (χ0n) is 15.4. The predicted octanol–water partition coefficient (Wildman–Crippen LogP) is 1.91. The molecule has 0 saturated carbocycles. The highest BCUT2D eigenvalue weighted by Gasteiger charge is 2.29. The molecule has 7 heteroatoms. The Morgan fingerprint density at radius 3 is 2.26 bits per heavy atom. The summed E-state index contributed by atoms with van der Waals surface area (Å²) < 4.78 is 32.0. The van der Waals surface area contributed by atoms with Gasteiger partial charge in [0, 0.05) is 31.7 Å². The van der Waals surface area contributed by atoms with Crippen molar-refractivity contribution in [3.8, 4) is 5.75 Å². The minimum Gasteiger partial charge on any atom is -0.496 e. The number of nitrogens with zero attached hydrogens (tertiary/aromatic N) is 2. The molecule has 0 aromatic heterocycles. The Morgan fingerprint density at radius 1 is 0.963 bits per heavy atom. The quantitative estimate of drug-likeness (QED) is 0.758. The maximum absolute atomic E-state index is 12.6. The molecule has 1 aliphatic rings. The lowest BCUT2D eigenvalue weighted by molar-refractivity contribution is -0.131. The molecular weight excluding hydrogens is 364 g/mol. The van der Waals surface area contributed by atoms with Crippen molar-refractivity contribution >= 4 is 15.9 Å². The molecule has 1 saturated heterocycles. The van der Waals surface area contributed by atoms with Crippen LogP contribution in [0.15, 0.2) is 54.6 Å². The highest BCUT2D eigenvalue weighted by Crippen LogP contribution is 2.19. The Morgan fingerprint density at radius 2 is 1.59 bits per heavy atom. The molecule has 1 amide bonds. The van der Waals surface area contributed by atoms with E-state index in [2.05, 4.69) is 0 Å². The van der Waals surface area contributed by atoms with Crippen LogP contribution < -0.4 is 4.74 Å². The van der Waals surface area contributed by atoms with E-state index >= 15 is 0 Å². The van der Waals surface area contributed by atoms with E-state index < -0.39 is 10.0 Å². The van der Waals surface area contributed by atoms with E-state index in [4.69, 9.17) is 4.74 Å². The predicted molar refractivity (Wildman–Crippen MR) is 104 cm³/mol. The Balaban J connectivity index is 1.57. The summed E-state index contributed by atoms with van der Waals surface area (Å²) in [4.78, 5) is 14.3. The smallest absolute Gasteiger partial charge is 0.227 e. The molecule has 144 valence electrons. The molecule has 6 nitrogen and oxygen atoms in total. The number of carbonyl (C=O) groups is 1. The van der Waals surface area contributed by atoms with Crippen molar-refractivity contribution in [3.05, 3.63) is 65.7 Å². The third-order valence-corrected chi connectivity index (χ3v) is 6.56. The third kappa shape index (κ3) is 4.87. The Labute approximate surface area is 160 Å². The van der Waals surface area contributed by atoms with Gasteiger partial charge in [0.15, 0.2) is 0 Å². The average molecular weight is 388 g/mol. The topological polar surface area (TPSA) is 66.9 Å². The van der Waals surface area contributed by atoms with Crippen LogP contribution in [-0.2, 0) is 27.0 Å². The fourth-order valence-corrected chi connectivity index (χ4v) is 4.73. The van der Waals surface area contributed by atoms with Crippen molar-refractivity contribution in [2.45, 2.75) is 12.2 Å². The molecule has 2 aromatic rings. The van der Waals surface area contributed by atoms with E-state index in [1.807, 2.05) is 54.6 Å². The Hall–Kier alpha value is -2.38. The van der Waals surface area contributed by atoms with Crippen molar-refractivity contribution < 1.29 is 17.9 Å². The lowest BCUT2D eigenvalue weighted by Gasteiger charge is -2.34. The summed E-state index contributed by atoms with van der Waals surface area (Å²) >= 11 is 0. The van der Waals surface area contributed by atoms with Gasteiger partial charge in [-0.2, -0.15) is 4.31 Å². The normalized spacial score (nSPS) is 15.5. The second-order valence-electron chi connectivity index (χ2n) is 6.51. The summed E-state index contributed by atoms with van der Waals surface area (Å²) in [5.41, 5.74) is 1.61. The summed E-state index contributed by atoms with van der Waals surface area (Å²) in [6.45, 7) is 1.46. The van der Waals surface area contributed by atoms with Crippen molar-refractivity contribution in [1.29, 1.82) is 0 Å². The van der Waals surface area contributed by atoms with Gasteiger partial charge in [-0.1, -0.05) is 48.5 Å². The molecule has 2 aromatic carbocycles. The second-order valence-corrected chi connectivity index (χ2v) is 8.48. The zero-order chi connectivity index (χ0) is 19.3. The molecule has 0 bridgehead atoms. The monoisotopic (exact) mass is 388 g/mol. The molecule has 3 rings (SSSR count). The van der Waals surface area contributed by atoms with Crippen molar-refractivity contribution in [2.75, 3.05) is 33.3 Å². The number of methoxy groups -OCH3 is 1. The lowest BCUT2D eigenvalue weighted by atomic mass is 10.1. The first-order valence-electron chi connectivity index (χ1n) is 8.91. The van der Waals surface area contributed by atoms with Crippen LogP contribution in [0.4, 0.5) is 0 Å². The molecule has 0 spiro atoms. The molecule has 1 aliphatic heterocycles. The van der Waals surface area contributed by atoms with Gasteiger partial charge in [-0.25, -0.2) is 8.42 Å². The fourth-order valence-electron chi connectivity index (χ4n) is 3.22. The van der Waals surface area contributed by atoms with Crippen LogP contribution >= 0.6 is 0 Å². The number of hydrogen-bond donors (Lipinski definition) is 0. The third-order valence-electron chi connectivity index (χ3n) is 4.71. The number of benzene rings is 2. The zero-order valence-corrected chi connectivity index (χ0v) is 16.2. The number of para-hydroxylation sites is 1. The van der Waals surface area contributed by atoms with Gasteiger partial charge in [-0.05, 0) is 11.6 Å². The highest BCUT2D eigenvalue weighted by molar-refractivity contribution is 7.88. The van der Waals surface area contributed by atoms with Crippen LogP contribution in [0.5, 0.6) is 5.75 Å². The second kappa shape index (κ2) is 8.54. The van der Waals surface area contributed by atoms with Gasteiger partial charge < -0.3 is 9.64 Å². The van der Waals surface area contributed by atoms with E-state index in [0.717, 1.165) is 11.1 Å². The van der Waals surface area contributed by atoms with E-state index in [1.165, 1.54) is 4.31 Å². The summed E-state index contributed by atoms with van der Waals surface area (Å²) in [5.74, 6) is 0.665. The van der Waals surface area contributed by atoms with Gasteiger partial charge in [-0.3, -0.25) is 4.79 Å². The molecule has 0 radical (unpaired) electrons. The minimum atomic E-state index is -3.38. The SMILES string of the molecule is COc1ccccc1CC(=O)N1CCN(S(=O)(=O)Cc2ccccc2)CC1. The van der Waals surface area contributed by atoms with E-state index in [1.54, 1.807) is 12.0 Å². The molecule has 0 aliphatic carbocycles. The van der Waals surface area contributed by atoms with Gasteiger partial charge in [0.1, 0.15) is 5.75 Å². The van der Waals surface area contributed by atoms with Crippen LogP contribution in [0.3, 0.4) is 0 Å². The Kier molecular flexibility index (Phi) is 6.13. The van der Waals surface area contributed by atoms with Gasteiger partial charge in [0.05, 0.1) is 19.3 Å². The average Bonchev–Trinajstić information content (AvgIpc) is 2.69. The number of hydrogen-bond acceptors (Lipinski definition) is 4. The van der Waals surface area contributed by atoms with E-state index in [9.17, 15) is 13.2 Å². The summed E-state index contributed by atoms with van der Waals surface area (Å²) in [6.07, 6.45) is 0.251. The number of ether oxygens (including phenoxy) is 1. The lowest BCUT2D eigenvalue weighted by Crippen LogP contribution is -2.51.